The third kappa shape index (κ3) is 5.18. The average molecular weight is 327 g/mol. The van der Waals surface area contributed by atoms with Crippen molar-refractivity contribution in [3.63, 3.8) is 0 Å². The molecule has 134 valence electrons. The van der Waals surface area contributed by atoms with Gasteiger partial charge in [-0.3, -0.25) is 4.90 Å². The molecule has 1 aliphatic carbocycles. The van der Waals surface area contributed by atoms with Gasteiger partial charge in [0, 0.05) is 25.9 Å². The van der Waals surface area contributed by atoms with E-state index >= 15 is 0 Å². The molecule has 2 fully saturated rings. The van der Waals surface area contributed by atoms with Crippen LogP contribution in [0.4, 0.5) is 0 Å². The van der Waals surface area contributed by atoms with Crippen molar-refractivity contribution in [1.29, 1.82) is 0 Å². The van der Waals surface area contributed by atoms with Gasteiger partial charge >= 0.3 is 0 Å². The molecule has 1 aliphatic heterocycles. The van der Waals surface area contributed by atoms with E-state index in [2.05, 4.69) is 27.4 Å². The van der Waals surface area contributed by atoms with Crippen LogP contribution in [-0.2, 0) is 9.47 Å². The number of nitrogens with zero attached hydrogens (tertiary/aromatic N) is 1. The Labute approximate surface area is 140 Å². The van der Waals surface area contributed by atoms with E-state index < -0.39 is 5.79 Å². The normalized spacial score (nSPS) is 31.9. The van der Waals surface area contributed by atoms with Crippen molar-refractivity contribution in [3.8, 4) is 0 Å². The fourth-order valence-electron chi connectivity index (χ4n) is 3.81. The standard InChI is InChI=1S/C18H33NO4/c1-14(21)11-19(9-10-20)12-16-13-22-18(23-16)7-5-15(6-8-18)17(2,3)4/h15-16,20-21H,1,5-13H2,2-4H3. The minimum absolute atomic E-state index is 0.00733. The third-order valence-corrected chi connectivity index (χ3v) is 5.17. The summed E-state index contributed by atoms with van der Waals surface area (Å²) in [7, 11) is 0. The zero-order valence-electron chi connectivity index (χ0n) is 14.9. The highest BCUT2D eigenvalue weighted by Crippen LogP contribution is 2.45. The van der Waals surface area contributed by atoms with E-state index in [-0.39, 0.29) is 18.5 Å². The average Bonchev–Trinajstić information content (AvgIpc) is 2.80. The molecule has 1 saturated carbocycles. The summed E-state index contributed by atoms with van der Waals surface area (Å²) in [5.74, 6) is 0.425. The van der Waals surface area contributed by atoms with Crippen LogP contribution in [0.25, 0.3) is 0 Å². The number of aliphatic hydroxyl groups is 2. The van der Waals surface area contributed by atoms with Gasteiger partial charge in [0.2, 0.25) is 0 Å². The molecule has 23 heavy (non-hydrogen) atoms. The lowest BCUT2D eigenvalue weighted by Crippen LogP contribution is -2.41. The van der Waals surface area contributed by atoms with Crippen LogP contribution in [-0.4, -0.2) is 59.9 Å². The monoisotopic (exact) mass is 327 g/mol. The summed E-state index contributed by atoms with van der Waals surface area (Å²) >= 11 is 0. The van der Waals surface area contributed by atoms with Gasteiger partial charge in [0.15, 0.2) is 5.79 Å². The maximum absolute atomic E-state index is 9.38. The first-order valence-electron chi connectivity index (χ1n) is 8.76. The van der Waals surface area contributed by atoms with Gasteiger partial charge in [-0.1, -0.05) is 27.4 Å². The Balaban J connectivity index is 1.85. The van der Waals surface area contributed by atoms with Crippen molar-refractivity contribution in [1.82, 2.24) is 4.90 Å². The van der Waals surface area contributed by atoms with Crippen LogP contribution in [0.3, 0.4) is 0 Å². The van der Waals surface area contributed by atoms with Gasteiger partial charge in [-0.2, -0.15) is 0 Å². The molecule has 5 heteroatoms. The number of aliphatic hydroxyl groups excluding tert-OH is 2. The second-order valence-corrected chi connectivity index (χ2v) is 8.13. The number of hydrogen-bond acceptors (Lipinski definition) is 5. The van der Waals surface area contributed by atoms with E-state index in [0.29, 0.717) is 31.7 Å². The molecule has 1 heterocycles. The van der Waals surface area contributed by atoms with E-state index in [0.717, 1.165) is 31.6 Å². The maximum Gasteiger partial charge on any atom is 0.168 e. The predicted molar refractivity (Wildman–Crippen MR) is 90.3 cm³/mol. The first-order valence-corrected chi connectivity index (χ1v) is 8.76. The molecule has 2 aliphatic rings. The summed E-state index contributed by atoms with van der Waals surface area (Å²) < 4.78 is 12.3. The van der Waals surface area contributed by atoms with Crippen molar-refractivity contribution < 1.29 is 19.7 Å². The topological polar surface area (TPSA) is 62.2 Å². The van der Waals surface area contributed by atoms with Crippen LogP contribution in [0, 0.1) is 11.3 Å². The van der Waals surface area contributed by atoms with Crippen molar-refractivity contribution in [2.45, 2.75) is 58.3 Å². The Morgan fingerprint density at radius 2 is 1.96 bits per heavy atom. The van der Waals surface area contributed by atoms with Gasteiger partial charge in [-0.05, 0) is 24.2 Å². The van der Waals surface area contributed by atoms with Crippen molar-refractivity contribution in [2.24, 2.45) is 11.3 Å². The van der Waals surface area contributed by atoms with Crippen LogP contribution in [0.5, 0.6) is 0 Å². The second kappa shape index (κ2) is 7.51. The van der Waals surface area contributed by atoms with Gasteiger partial charge in [0.05, 0.1) is 31.6 Å². The van der Waals surface area contributed by atoms with Crippen molar-refractivity contribution in [3.05, 3.63) is 12.3 Å². The fourth-order valence-corrected chi connectivity index (χ4v) is 3.81. The van der Waals surface area contributed by atoms with E-state index in [1.807, 2.05) is 4.90 Å². The lowest BCUT2D eigenvalue weighted by atomic mass is 9.71. The van der Waals surface area contributed by atoms with Gasteiger partial charge < -0.3 is 19.7 Å². The molecule has 0 amide bonds. The first-order chi connectivity index (χ1) is 10.7. The van der Waals surface area contributed by atoms with E-state index in [4.69, 9.17) is 14.6 Å². The highest BCUT2D eigenvalue weighted by Gasteiger charge is 2.46. The van der Waals surface area contributed by atoms with Crippen LogP contribution in [0.1, 0.15) is 46.5 Å². The number of ether oxygens (including phenoxy) is 2. The van der Waals surface area contributed by atoms with Crippen LogP contribution in [0.15, 0.2) is 12.3 Å². The zero-order valence-corrected chi connectivity index (χ0v) is 14.9. The van der Waals surface area contributed by atoms with Gasteiger partial charge in [-0.25, -0.2) is 0 Å². The summed E-state index contributed by atoms with van der Waals surface area (Å²) in [6.07, 6.45) is 4.19. The molecule has 0 radical (unpaired) electrons. The number of rotatable bonds is 6. The highest BCUT2D eigenvalue weighted by molar-refractivity contribution is 4.90. The lowest BCUT2D eigenvalue weighted by Gasteiger charge is -2.41. The molecular formula is C18H33NO4. The molecule has 1 saturated heterocycles. The van der Waals surface area contributed by atoms with Crippen LogP contribution in [0.2, 0.25) is 0 Å². The molecular weight excluding hydrogens is 294 g/mol. The summed E-state index contributed by atoms with van der Waals surface area (Å²) in [5, 5.41) is 18.5. The Morgan fingerprint density at radius 1 is 1.30 bits per heavy atom. The van der Waals surface area contributed by atoms with Crippen molar-refractivity contribution in [2.75, 3.05) is 32.8 Å². The summed E-state index contributed by atoms with van der Waals surface area (Å²) in [6.45, 7) is 12.6. The molecule has 1 atom stereocenters. The highest BCUT2D eigenvalue weighted by atomic mass is 16.7. The molecule has 1 spiro atoms. The van der Waals surface area contributed by atoms with E-state index in [9.17, 15) is 5.11 Å². The molecule has 0 bridgehead atoms. The second-order valence-electron chi connectivity index (χ2n) is 8.13. The lowest BCUT2D eigenvalue weighted by molar-refractivity contribution is -0.197. The Morgan fingerprint density at radius 3 is 2.48 bits per heavy atom. The molecule has 2 rings (SSSR count). The van der Waals surface area contributed by atoms with Gasteiger partial charge in [0.25, 0.3) is 0 Å². The van der Waals surface area contributed by atoms with Crippen molar-refractivity contribution >= 4 is 0 Å². The van der Waals surface area contributed by atoms with Gasteiger partial charge in [0.1, 0.15) is 0 Å². The maximum atomic E-state index is 9.38. The summed E-state index contributed by atoms with van der Waals surface area (Å²) in [5.41, 5.74) is 0.346. The fraction of sp³-hybridized carbons (Fsp3) is 0.889. The Bertz CT molecular complexity index is 396. The van der Waals surface area contributed by atoms with Gasteiger partial charge in [-0.15, -0.1) is 0 Å². The predicted octanol–water partition coefficient (Wildman–Crippen LogP) is 2.70. The van der Waals surface area contributed by atoms with Crippen LogP contribution < -0.4 is 0 Å². The summed E-state index contributed by atoms with van der Waals surface area (Å²) in [6, 6.07) is 0. The molecule has 0 aromatic carbocycles. The quantitative estimate of drug-likeness (QED) is 0.735. The molecule has 0 aromatic heterocycles. The molecule has 2 N–H and O–H groups in total. The first kappa shape index (κ1) is 18.7. The molecule has 1 unspecified atom stereocenters. The zero-order chi connectivity index (χ0) is 17.1. The van der Waals surface area contributed by atoms with E-state index in [1.54, 1.807) is 0 Å². The Hall–Kier alpha value is -0.620. The van der Waals surface area contributed by atoms with Crippen LogP contribution >= 0.6 is 0 Å². The largest absolute Gasteiger partial charge is 0.512 e. The minimum Gasteiger partial charge on any atom is -0.512 e. The smallest absolute Gasteiger partial charge is 0.168 e. The number of hydrogen-bond donors (Lipinski definition) is 2. The minimum atomic E-state index is -0.409. The van der Waals surface area contributed by atoms with E-state index in [1.165, 1.54) is 0 Å². The molecule has 0 aromatic rings. The SMILES string of the molecule is C=C(O)CN(CCO)CC1COC2(CCC(C(C)(C)C)CC2)O1. The molecule has 5 nitrogen and oxygen atoms in total. The third-order valence-electron chi connectivity index (χ3n) is 5.17. The Kier molecular flexibility index (Phi) is 6.11. The summed E-state index contributed by atoms with van der Waals surface area (Å²) in [4.78, 5) is 1.95.